The number of hydrogen-bond acceptors (Lipinski definition) is 3. The van der Waals surface area contributed by atoms with Crippen LogP contribution in [0, 0.1) is 13.0 Å². The van der Waals surface area contributed by atoms with Gasteiger partial charge >= 0.3 is 51.4 Å². The summed E-state index contributed by atoms with van der Waals surface area (Å²) in [6.45, 7) is 10.2. The molecule has 0 bridgehead atoms. The van der Waals surface area contributed by atoms with Gasteiger partial charge < -0.3 is 21.9 Å². The zero-order valence-corrected chi connectivity index (χ0v) is 17.4. The predicted octanol–water partition coefficient (Wildman–Crippen LogP) is -0.384. The number of likely N-dealkylation sites (tertiary alicyclic amines) is 1. The van der Waals surface area contributed by atoms with Gasteiger partial charge in [-0.1, -0.05) is 19.4 Å². The quantitative estimate of drug-likeness (QED) is 0.469. The van der Waals surface area contributed by atoms with E-state index in [-0.39, 0.29) is 51.4 Å². The maximum Gasteiger partial charge on any atom is 1.00 e. The third kappa shape index (κ3) is 10.7. The summed E-state index contributed by atoms with van der Waals surface area (Å²) < 4.78 is 0. The molecule has 2 rings (SSSR count). The number of hydrogen-bond donors (Lipinski definition) is 1. The fourth-order valence-corrected chi connectivity index (χ4v) is 1.87. The van der Waals surface area contributed by atoms with Gasteiger partial charge in [0.2, 0.25) is 0 Å². The van der Waals surface area contributed by atoms with Crippen LogP contribution in [0.15, 0.2) is 18.2 Å². The van der Waals surface area contributed by atoms with E-state index in [0.717, 1.165) is 24.3 Å². The van der Waals surface area contributed by atoms with Crippen molar-refractivity contribution in [1.82, 2.24) is 10.2 Å². The van der Waals surface area contributed by atoms with Gasteiger partial charge in [0.05, 0.1) is 6.29 Å². The molecule has 0 aliphatic carbocycles. The van der Waals surface area contributed by atoms with E-state index in [1.54, 1.807) is 12.1 Å². The zero-order chi connectivity index (χ0) is 15.4. The molecule has 0 saturated carbocycles. The van der Waals surface area contributed by atoms with Gasteiger partial charge in [0, 0.05) is 12.6 Å². The van der Waals surface area contributed by atoms with Crippen molar-refractivity contribution in [3.63, 3.8) is 0 Å². The number of rotatable bonds is 3. The first-order chi connectivity index (χ1) is 9.69. The minimum atomic E-state index is 0. The summed E-state index contributed by atoms with van der Waals surface area (Å²) >= 11 is 0. The number of likely N-dealkylation sites (N-methyl/N-ethyl adjacent to an activating group) is 2. The van der Waals surface area contributed by atoms with Crippen molar-refractivity contribution in [2.75, 3.05) is 27.2 Å². The summed E-state index contributed by atoms with van der Waals surface area (Å²) in [5, 5.41) is 3.25. The van der Waals surface area contributed by atoms with Crippen LogP contribution in [0.2, 0.25) is 0 Å². The van der Waals surface area contributed by atoms with E-state index < -0.39 is 0 Å². The fraction of sp³-hybridized carbons (Fsp3) is 0.529. The second kappa shape index (κ2) is 15.3. The minimum Gasteiger partial charge on any atom is -0.341 e. The van der Waals surface area contributed by atoms with Gasteiger partial charge in [-0.05, 0) is 27.1 Å². The van der Waals surface area contributed by atoms with Crippen molar-refractivity contribution in [3.8, 4) is 0 Å². The van der Waals surface area contributed by atoms with Gasteiger partial charge in [-0.15, -0.1) is 0 Å². The number of aldehydes is 1. The Morgan fingerprint density at radius 3 is 2.43 bits per heavy atom. The summed E-state index contributed by atoms with van der Waals surface area (Å²) in [4.78, 5) is 12.5. The summed E-state index contributed by atoms with van der Waals surface area (Å²) in [7, 11) is 4.20. The standard InChI is InChI=1S/C9H8O.C6H14N2.C2H6.K/c1-2-8-3-5-9(7-10)6-4-8;1-7-6-3-4-8(2)5-6;1-2;/h3,5-7H,1-2H2;6-7H,3-5H2,1-2H3;1-2H3;/q-2;;;+1/t;6-;;/m.1../s1. The van der Waals surface area contributed by atoms with Crippen molar-refractivity contribution in [1.29, 1.82) is 0 Å². The molecule has 0 amide bonds. The second-order valence-electron chi connectivity index (χ2n) is 4.55. The molecule has 0 aromatic heterocycles. The van der Waals surface area contributed by atoms with Crippen molar-refractivity contribution in [2.24, 2.45) is 0 Å². The van der Waals surface area contributed by atoms with Crippen LogP contribution in [0.1, 0.15) is 36.2 Å². The normalized spacial score (nSPS) is 16.7. The van der Waals surface area contributed by atoms with Crippen molar-refractivity contribution in [3.05, 3.63) is 42.3 Å². The van der Waals surface area contributed by atoms with Crippen LogP contribution >= 0.6 is 0 Å². The molecule has 3 nitrogen and oxygen atoms in total. The molecule has 1 N–H and O–H groups in total. The predicted molar refractivity (Wildman–Crippen MR) is 86.0 cm³/mol. The van der Waals surface area contributed by atoms with Crippen LogP contribution in [-0.4, -0.2) is 44.4 Å². The first-order valence-electron chi connectivity index (χ1n) is 7.30. The molecule has 21 heavy (non-hydrogen) atoms. The molecule has 1 aromatic carbocycles. The van der Waals surface area contributed by atoms with Crippen LogP contribution in [0.4, 0.5) is 0 Å². The summed E-state index contributed by atoms with van der Waals surface area (Å²) in [6.07, 6.45) is 2.84. The minimum absolute atomic E-state index is 0. The molecule has 1 heterocycles. The van der Waals surface area contributed by atoms with Crippen LogP contribution in [-0.2, 0) is 6.42 Å². The van der Waals surface area contributed by atoms with E-state index in [0.29, 0.717) is 5.56 Å². The first-order valence-corrected chi connectivity index (χ1v) is 7.30. The van der Waals surface area contributed by atoms with Crippen LogP contribution < -0.4 is 56.7 Å². The average Bonchev–Trinajstić information content (AvgIpc) is 2.96. The van der Waals surface area contributed by atoms with Crippen LogP contribution in [0.25, 0.3) is 0 Å². The Morgan fingerprint density at radius 2 is 2.14 bits per heavy atom. The molecule has 1 fully saturated rings. The third-order valence-corrected chi connectivity index (χ3v) is 3.11. The summed E-state index contributed by atoms with van der Waals surface area (Å²) in [5.74, 6) is 0. The van der Waals surface area contributed by atoms with E-state index in [2.05, 4.69) is 30.3 Å². The van der Waals surface area contributed by atoms with Crippen LogP contribution in [0.3, 0.4) is 0 Å². The zero-order valence-electron chi connectivity index (χ0n) is 14.3. The van der Waals surface area contributed by atoms with Gasteiger partial charge in [-0.3, -0.25) is 0 Å². The molecule has 1 aliphatic heterocycles. The number of carbonyl (C=O) groups is 1. The SMILES string of the molecule is CC.CN[C@@H]1CCN(C)C1.[CH2-]Cc1[c-]cc(C=O)cc1.[K+]. The van der Waals surface area contributed by atoms with Gasteiger partial charge in [0.25, 0.3) is 0 Å². The third-order valence-electron chi connectivity index (χ3n) is 3.11. The molecule has 1 aromatic rings. The molecule has 114 valence electrons. The Kier molecular flexibility index (Phi) is 17.3. The molecule has 4 heteroatoms. The Balaban J connectivity index is 0. The molecule has 0 spiro atoms. The Labute approximate surface area is 173 Å². The molecule has 1 aliphatic rings. The van der Waals surface area contributed by atoms with Crippen molar-refractivity contribution in [2.45, 2.75) is 32.7 Å². The molecule has 1 atom stereocenters. The van der Waals surface area contributed by atoms with Crippen molar-refractivity contribution >= 4 is 6.29 Å². The number of benzene rings is 1. The fourth-order valence-electron chi connectivity index (χ4n) is 1.87. The van der Waals surface area contributed by atoms with E-state index >= 15 is 0 Å². The first kappa shape index (κ1) is 23.7. The summed E-state index contributed by atoms with van der Waals surface area (Å²) in [6, 6.07) is 8.99. The Bertz CT molecular complexity index is 354. The topological polar surface area (TPSA) is 32.3 Å². The molecule has 0 radical (unpaired) electrons. The number of nitrogens with zero attached hydrogens (tertiary/aromatic N) is 1. The average molecular weight is 316 g/mol. The molecule has 1 saturated heterocycles. The van der Waals surface area contributed by atoms with Gasteiger partial charge in [0.15, 0.2) is 0 Å². The van der Waals surface area contributed by atoms with E-state index in [4.69, 9.17) is 0 Å². The van der Waals surface area contributed by atoms with E-state index in [1.807, 2.05) is 27.0 Å². The van der Waals surface area contributed by atoms with E-state index in [9.17, 15) is 4.79 Å². The van der Waals surface area contributed by atoms with Gasteiger partial charge in [-0.25, -0.2) is 0 Å². The maximum atomic E-state index is 10.2. The van der Waals surface area contributed by atoms with E-state index in [1.165, 1.54) is 19.5 Å². The molecular weight excluding hydrogens is 287 g/mol. The van der Waals surface area contributed by atoms with Crippen molar-refractivity contribution < 1.29 is 56.2 Å². The molecular formula is C17H28KN2O-. The second-order valence-corrected chi connectivity index (χ2v) is 4.55. The van der Waals surface area contributed by atoms with Crippen LogP contribution in [0.5, 0.6) is 0 Å². The Hall–Kier alpha value is 0.446. The smallest absolute Gasteiger partial charge is 0.341 e. The maximum absolute atomic E-state index is 10.2. The molecule has 0 unspecified atom stereocenters. The number of carbonyl (C=O) groups excluding carboxylic acids is 1. The van der Waals surface area contributed by atoms with Gasteiger partial charge in [0.1, 0.15) is 0 Å². The summed E-state index contributed by atoms with van der Waals surface area (Å²) in [5.41, 5.74) is 1.70. The largest absolute Gasteiger partial charge is 1.00 e. The monoisotopic (exact) mass is 315 g/mol. The van der Waals surface area contributed by atoms with Gasteiger partial charge in [-0.2, -0.15) is 36.2 Å². The number of nitrogens with one attached hydrogen (secondary N) is 1. The Morgan fingerprint density at radius 1 is 1.48 bits per heavy atom.